The number of rotatable bonds is 5. The molecule has 1 aliphatic rings. The topological polar surface area (TPSA) is 44.3 Å². The van der Waals surface area contributed by atoms with Gasteiger partial charge in [-0.15, -0.1) is 0 Å². The molecule has 0 spiro atoms. The molecule has 118 valence electrons. The van der Waals surface area contributed by atoms with Crippen LogP contribution in [0.25, 0.3) is 0 Å². The molecule has 0 atom stereocenters. The second-order valence-corrected chi connectivity index (χ2v) is 6.50. The maximum absolute atomic E-state index is 4.71. The minimum atomic E-state index is 0.481. The van der Waals surface area contributed by atoms with Gasteiger partial charge in [0.1, 0.15) is 0 Å². The van der Waals surface area contributed by atoms with Gasteiger partial charge in [0.25, 0.3) is 0 Å². The van der Waals surface area contributed by atoms with E-state index >= 15 is 0 Å². The van der Waals surface area contributed by atoms with Gasteiger partial charge in [0.2, 0.25) is 5.95 Å². The summed E-state index contributed by atoms with van der Waals surface area (Å²) >= 11 is 0. The third-order valence-electron chi connectivity index (χ3n) is 4.25. The second-order valence-electron chi connectivity index (χ2n) is 6.50. The van der Waals surface area contributed by atoms with Crippen LogP contribution in [0.1, 0.15) is 37.9 Å². The van der Waals surface area contributed by atoms with E-state index in [4.69, 9.17) is 4.98 Å². The molecule has 1 aromatic rings. The van der Waals surface area contributed by atoms with Gasteiger partial charge in [0.05, 0.1) is 0 Å². The summed E-state index contributed by atoms with van der Waals surface area (Å²) in [6.45, 7) is 9.32. The minimum Gasteiger partial charge on any atom is -0.341 e. The Hall–Kier alpha value is -1.20. The number of hydrogen-bond donors (Lipinski definition) is 1. The van der Waals surface area contributed by atoms with Crippen molar-refractivity contribution < 1.29 is 0 Å². The quantitative estimate of drug-likeness (QED) is 0.896. The molecule has 0 amide bonds. The molecule has 1 fully saturated rings. The molecular formula is C16H29N5. The van der Waals surface area contributed by atoms with E-state index in [1.165, 1.54) is 18.4 Å². The van der Waals surface area contributed by atoms with E-state index in [2.05, 4.69) is 55.0 Å². The van der Waals surface area contributed by atoms with Crippen molar-refractivity contribution in [2.45, 2.75) is 52.2 Å². The van der Waals surface area contributed by atoms with Gasteiger partial charge < -0.3 is 15.1 Å². The predicted molar refractivity (Wildman–Crippen MR) is 87.7 cm³/mol. The second kappa shape index (κ2) is 7.18. The zero-order chi connectivity index (χ0) is 15.4. The normalized spacial score (nSPS) is 17.0. The maximum Gasteiger partial charge on any atom is 0.225 e. The van der Waals surface area contributed by atoms with Crippen molar-refractivity contribution in [3.05, 3.63) is 17.5 Å². The van der Waals surface area contributed by atoms with E-state index in [1.807, 2.05) is 6.20 Å². The average Bonchev–Trinajstić information content (AvgIpc) is 2.46. The molecule has 0 radical (unpaired) electrons. The summed E-state index contributed by atoms with van der Waals surface area (Å²) in [6, 6.07) is 1.17. The third kappa shape index (κ3) is 4.38. The van der Waals surface area contributed by atoms with Crippen molar-refractivity contribution in [3.63, 3.8) is 0 Å². The molecule has 2 heterocycles. The summed E-state index contributed by atoms with van der Waals surface area (Å²) < 4.78 is 0. The Labute approximate surface area is 128 Å². The summed E-state index contributed by atoms with van der Waals surface area (Å²) in [5.41, 5.74) is 2.28. The lowest BCUT2D eigenvalue weighted by Crippen LogP contribution is -2.42. The Morgan fingerprint density at radius 1 is 1.33 bits per heavy atom. The maximum atomic E-state index is 4.71. The van der Waals surface area contributed by atoms with E-state index in [9.17, 15) is 0 Å². The molecule has 21 heavy (non-hydrogen) atoms. The summed E-state index contributed by atoms with van der Waals surface area (Å²) in [6.07, 6.45) is 4.35. The summed E-state index contributed by atoms with van der Waals surface area (Å²) in [7, 11) is 4.33. The fourth-order valence-corrected chi connectivity index (χ4v) is 2.70. The van der Waals surface area contributed by atoms with Crippen LogP contribution in [-0.2, 0) is 6.54 Å². The molecule has 0 saturated carbocycles. The van der Waals surface area contributed by atoms with E-state index in [1.54, 1.807) is 0 Å². The molecule has 0 unspecified atom stereocenters. The first kappa shape index (κ1) is 16.2. The largest absolute Gasteiger partial charge is 0.341 e. The van der Waals surface area contributed by atoms with Crippen molar-refractivity contribution >= 4 is 5.95 Å². The smallest absolute Gasteiger partial charge is 0.225 e. The SMILES string of the molecule is Cc1nc(N2CCC(N(C)C)CC2)ncc1CNC(C)C. The zero-order valence-electron chi connectivity index (χ0n) is 14.1. The van der Waals surface area contributed by atoms with Crippen LogP contribution < -0.4 is 10.2 Å². The number of nitrogens with one attached hydrogen (secondary N) is 1. The summed E-state index contributed by atoms with van der Waals surface area (Å²) in [5.74, 6) is 0.887. The first-order valence-electron chi connectivity index (χ1n) is 7.94. The van der Waals surface area contributed by atoms with E-state index in [-0.39, 0.29) is 0 Å². The number of aromatic nitrogens is 2. The molecule has 5 heteroatoms. The minimum absolute atomic E-state index is 0.481. The van der Waals surface area contributed by atoms with Gasteiger partial charge in [-0.25, -0.2) is 9.97 Å². The summed E-state index contributed by atoms with van der Waals surface area (Å²) in [4.78, 5) is 13.9. The van der Waals surface area contributed by atoms with Gasteiger partial charge >= 0.3 is 0 Å². The van der Waals surface area contributed by atoms with E-state index in [0.29, 0.717) is 12.1 Å². The van der Waals surface area contributed by atoms with Gasteiger partial charge in [0, 0.05) is 49.2 Å². The standard InChI is InChI=1S/C16H29N5/c1-12(2)17-10-14-11-18-16(19-13(14)3)21-8-6-15(7-9-21)20(4)5/h11-12,15,17H,6-10H2,1-5H3. The number of piperidine rings is 1. The summed E-state index contributed by atoms with van der Waals surface area (Å²) in [5, 5.41) is 3.42. The lowest BCUT2D eigenvalue weighted by atomic mass is 10.0. The van der Waals surface area contributed by atoms with Crippen molar-refractivity contribution in [2.75, 3.05) is 32.1 Å². The Kier molecular flexibility index (Phi) is 5.53. The molecule has 1 N–H and O–H groups in total. The third-order valence-corrected chi connectivity index (χ3v) is 4.25. The van der Waals surface area contributed by atoms with Crippen LogP contribution >= 0.6 is 0 Å². The zero-order valence-corrected chi connectivity index (χ0v) is 14.1. The highest BCUT2D eigenvalue weighted by molar-refractivity contribution is 5.33. The van der Waals surface area contributed by atoms with Gasteiger partial charge in [-0.1, -0.05) is 13.8 Å². The molecular weight excluding hydrogens is 262 g/mol. The average molecular weight is 291 g/mol. The van der Waals surface area contributed by atoms with Crippen molar-refractivity contribution in [1.82, 2.24) is 20.2 Å². The number of hydrogen-bond acceptors (Lipinski definition) is 5. The van der Waals surface area contributed by atoms with Crippen molar-refractivity contribution in [3.8, 4) is 0 Å². The Bertz CT molecular complexity index is 450. The van der Waals surface area contributed by atoms with Crippen LogP contribution in [0, 0.1) is 6.92 Å². The van der Waals surface area contributed by atoms with Gasteiger partial charge in [0.15, 0.2) is 0 Å². The Morgan fingerprint density at radius 3 is 2.52 bits per heavy atom. The molecule has 1 aromatic heterocycles. The monoisotopic (exact) mass is 291 g/mol. The van der Waals surface area contributed by atoms with Crippen LogP contribution in [0.2, 0.25) is 0 Å². The van der Waals surface area contributed by atoms with Gasteiger partial charge in [-0.2, -0.15) is 0 Å². The first-order chi connectivity index (χ1) is 9.97. The van der Waals surface area contributed by atoms with Gasteiger partial charge in [-0.05, 0) is 33.9 Å². The first-order valence-corrected chi connectivity index (χ1v) is 7.94. The van der Waals surface area contributed by atoms with Crippen molar-refractivity contribution in [1.29, 1.82) is 0 Å². The molecule has 5 nitrogen and oxygen atoms in total. The molecule has 0 bridgehead atoms. The highest BCUT2D eigenvalue weighted by Crippen LogP contribution is 2.19. The van der Waals surface area contributed by atoms with E-state index < -0.39 is 0 Å². The molecule has 0 aliphatic carbocycles. The molecule has 1 aliphatic heterocycles. The van der Waals surface area contributed by atoms with E-state index in [0.717, 1.165) is 31.3 Å². The van der Waals surface area contributed by atoms with Crippen LogP contribution in [0.15, 0.2) is 6.20 Å². The van der Waals surface area contributed by atoms with Crippen LogP contribution in [0.4, 0.5) is 5.95 Å². The molecule has 2 rings (SSSR count). The molecule has 0 aromatic carbocycles. The van der Waals surface area contributed by atoms with Gasteiger partial charge in [-0.3, -0.25) is 0 Å². The van der Waals surface area contributed by atoms with Crippen LogP contribution in [-0.4, -0.2) is 54.1 Å². The number of aryl methyl sites for hydroxylation is 1. The lowest BCUT2D eigenvalue weighted by Gasteiger charge is -2.35. The highest BCUT2D eigenvalue weighted by atomic mass is 15.3. The lowest BCUT2D eigenvalue weighted by molar-refractivity contribution is 0.249. The Balaban J connectivity index is 1.97. The molecule has 1 saturated heterocycles. The number of anilines is 1. The fraction of sp³-hybridized carbons (Fsp3) is 0.750. The van der Waals surface area contributed by atoms with Crippen molar-refractivity contribution in [2.24, 2.45) is 0 Å². The number of nitrogens with zero attached hydrogens (tertiary/aromatic N) is 4. The Morgan fingerprint density at radius 2 is 2.00 bits per heavy atom. The fourth-order valence-electron chi connectivity index (χ4n) is 2.70. The van der Waals surface area contributed by atoms with Crippen LogP contribution in [0.3, 0.4) is 0 Å². The van der Waals surface area contributed by atoms with Crippen LogP contribution in [0.5, 0.6) is 0 Å². The predicted octanol–water partition coefficient (Wildman–Crippen LogP) is 1.81. The highest BCUT2D eigenvalue weighted by Gasteiger charge is 2.22.